The van der Waals surface area contributed by atoms with Crippen molar-refractivity contribution >= 4 is 36.0 Å². The van der Waals surface area contributed by atoms with Crippen molar-refractivity contribution in [2.24, 2.45) is 0 Å². The lowest BCUT2D eigenvalue weighted by atomic mass is 10.1. The number of methoxy groups -OCH3 is 1. The molecule has 0 aromatic carbocycles. The quantitative estimate of drug-likeness (QED) is 0.523. The van der Waals surface area contributed by atoms with Crippen molar-refractivity contribution in [3.8, 4) is 0 Å². The molecular formula is C12H23ClN2O3S. The average molecular weight is 311 g/mol. The topological polar surface area (TPSA) is 67.4 Å². The maximum atomic E-state index is 11.6. The van der Waals surface area contributed by atoms with Crippen LogP contribution in [0.15, 0.2) is 0 Å². The van der Waals surface area contributed by atoms with Crippen molar-refractivity contribution in [1.82, 2.24) is 10.6 Å². The molecule has 1 fully saturated rings. The van der Waals surface area contributed by atoms with Crippen LogP contribution in [0.2, 0.25) is 0 Å². The molecule has 112 valence electrons. The minimum absolute atomic E-state index is 0. The van der Waals surface area contributed by atoms with E-state index in [4.69, 9.17) is 0 Å². The van der Waals surface area contributed by atoms with Gasteiger partial charge in [-0.1, -0.05) is 12.8 Å². The Balaban J connectivity index is 0.00000324. The number of esters is 1. The van der Waals surface area contributed by atoms with Crippen LogP contribution in [0.5, 0.6) is 0 Å². The highest BCUT2D eigenvalue weighted by Gasteiger charge is 2.21. The summed E-state index contributed by atoms with van der Waals surface area (Å²) in [4.78, 5) is 22.5. The molecule has 0 bridgehead atoms. The van der Waals surface area contributed by atoms with Crippen LogP contribution < -0.4 is 10.6 Å². The molecule has 0 saturated carbocycles. The monoisotopic (exact) mass is 310 g/mol. The zero-order valence-electron chi connectivity index (χ0n) is 11.3. The predicted molar refractivity (Wildman–Crippen MR) is 79.6 cm³/mol. The van der Waals surface area contributed by atoms with Gasteiger partial charge in [0.15, 0.2) is 0 Å². The van der Waals surface area contributed by atoms with Gasteiger partial charge in [-0.25, -0.2) is 0 Å². The van der Waals surface area contributed by atoms with Gasteiger partial charge in [0.2, 0.25) is 5.91 Å². The molecule has 0 spiro atoms. The van der Waals surface area contributed by atoms with E-state index in [0.29, 0.717) is 6.42 Å². The number of amides is 1. The van der Waals surface area contributed by atoms with Gasteiger partial charge in [0, 0.05) is 24.6 Å². The Bertz CT molecular complexity index is 274. The number of ether oxygens (including phenoxy) is 1. The van der Waals surface area contributed by atoms with Gasteiger partial charge in [-0.3, -0.25) is 14.9 Å². The van der Waals surface area contributed by atoms with Gasteiger partial charge < -0.3 is 10.1 Å². The molecule has 1 amide bonds. The van der Waals surface area contributed by atoms with E-state index in [1.54, 1.807) is 11.8 Å². The smallest absolute Gasteiger partial charge is 0.305 e. The molecule has 1 saturated heterocycles. The summed E-state index contributed by atoms with van der Waals surface area (Å²) >= 11 is 1.75. The molecule has 1 atom stereocenters. The third kappa shape index (κ3) is 8.34. The van der Waals surface area contributed by atoms with Crippen LogP contribution in [-0.4, -0.2) is 43.2 Å². The number of halogens is 1. The number of thioether (sulfide) groups is 1. The van der Waals surface area contributed by atoms with Crippen molar-refractivity contribution < 1.29 is 14.3 Å². The lowest BCUT2D eigenvalue weighted by Gasteiger charge is -2.10. The van der Waals surface area contributed by atoms with Gasteiger partial charge in [-0.2, -0.15) is 0 Å². The summed E-state index contributed by atoms with van der Waals surface area (Å²) in [5.74, 6) is 1.69. The Morgan fingerprint density at radius 1 is 1.32 bits per heavy atom. The molecule has 1 heterocycles. The highest BCUT2D eigenvalue weighted by atomic mass is 35.5. The number of nitrogens with one attached hydrogen (secondary N) is 2. The standard InChI is InChI=1S/C12H22N2O3S.ClH/c1-17-11(15)6-4-2-3-5-7-13-12(16)10-8-18-9-14-10;/h10,14H,2-9H2,1H3,(H,13,16);1H. The third-order valence-corrected chi connectivity index (χ3v) is 3.81. The minimum atomic E-state index is -0.145. The van der Waals surface area contributed by atoms with E-state index < -0.39 is 0 Å². The number of hydrogen-bond acceptors (Lipinski definition) is 5. The van der Waals surface area contributed by atoms with Crippen molar-refractivity contribution in [3.63, 3.8) is 0 Å². The number of unbranched alkanes of at least 4 members (excludes halogenated alkanes) is 3. The summed E-state index contributed by atoms with van der Waals surface area (Å²) < 4.78 is 4.56. The van der Waals surface area contributed by atoms with E-state index >= 15 is 0 Å². The second-order valence-electron chi connectivity index (χ2n) is 4.30. The van der Waals surface area contributed by atoms with Gasteiger partial charge >= 0.3 is 5.97 Å². The summed E-state index contributed by atoms with van der Waals surface area (Å²) in [6, 6.07) is -0.0191. The SMILES string of the molecule is COC(=O)CCCCCCNC(=O)C1CSCN1.Cl. The second-order valence-corrected chi connectivity index (χ2v) is 5.33. The van der Waals surface area contributed by atoms with Gasteiger partial charge in [0.05, 0.1) is 13.2 Å². The molecule has 1 rings (SSSR count). The molecule has 2 N–H and O–H groups in total. The largest absolute Gasteiger partial charge is 0.469 e. The van der Waals surface area contributed by atoms with Crippen LogP contribution in [0, 0.1) is 0 Å². The first kappa shape index (κ1) is 18.5. The number of carbonyl (C=O) groups is 2. The highest BCUT2D eigenvalue weighted by molar-refractivity contribution is 7.99. The molecule has 19 heavy (non-hydrogen) atoms. The fourth-order valence-electron chi connectivity index (χ4n) is 1.75. The van der Waals surface area contributed by atoms with Crippen LogP contribution in [0.25, 0.3) is 0 Å². The van der Waals surface area contributed by atoms with E-state index in [0.717, 1.165) is 43.9 Å². The molecule has 0 aromatic rings. The third-order valence-electron chi connectivity index (χ3n) is 2.87. The van der Waals surface area contributed by atoms with E-state index in [9.17, 15) is 9.59 Å². The highest BCUT2D eigenvalue weighted by Crippen LogP contribution is 2.09. The van der Waals surface area contributed by atoms with Crippen LogP contribution in [0.1, 0.15) is 32.1 Å². The van der Waals surface area contributed by atoms with Crippen molar-refractivity contribution in [3.05, 3.63) is 0 Å². The molecule has 1 aliphatic rings. The summed E-state index contributed by atoms with van der Waals surface area (Å²) in [6.45, 7) is 0.722. The van der Waals surface area contributed by atoms with Crippen LogP contribution in [0.3, 0.4) is 0 Å². The molecule has 7 heteroatoms. The van der Waals surface area contributed by atoms with Crippen molar-refractivity contribution in [2.45, 2.75) is 38.1 Å². The van der Waals surface area contributed by atoms with E-state index in [1.165, 1.54) is 7.11 Å². The average Bonchev–Trinajstić information content (AvgIpc) is 2.91. The molecular weight excluding hydrogens is 288 g/mol. The van der Waals surface area contributed by atoms with E-state index in [-0.39, 0.29) is 30.3 Å². The first-order valence-electron chi connectivity index (χ1n) is 6.39. The van der Waals surface area contributed by atoms with E-state index in [1.807, 2.05) is 0 Å². The zero-order chi connectivity index (χ0) is 13.2. The fraction of sp³-hybridized carbons (Fsp3) is 0.833. The molecule has 0 aliphatic carbocycles. The summed E-state index contributed by atoms with van der Waals surface area (Å²) in [5, 5.41) is 6.07. The fourth-order valence-corrected chi connectivity index (χ4v) is 2.69. The first-order chi connectivity index (χ1) is 8.74. The maximum absolute atomic E-state index is 11.6. The zero-order valence-corrected chi connectivity index (χ0v) is 12.9. The van der Waals surface area contributed by atoms with Crippen LogP contribution in [-0.2, 0) is 14.3 Å². The minimum Gasteiger partial charge on any atom is -0.469 e. The number of hydrogen-bond donors (Lipinski definition) is 2. The van der Waals surface area contributed by atoms with Gasteiger partial charge in [-0.15, -0.1) is 24.2 Å². The van der Waals surface area contributed by atoms with Crippen molar-refractivity contribution in [2.75, 3.05) is 25.3 Å². The Morgan fingerprint density at radius 3 is 2.68 bits per heavy atom. The Hall–Kier alpha value is -0.460. The first-order valence-corrected chi connectivity index (χ1v) is 7.55. The Morgan fingerprint density at radius 2 is 2.05 bits per heavy atom. The maximum Gasteiger partial charge on any atom is 0.305 e. The molecule has 1 aliphatic heterocycles. The van der Waals surface area contributed by atoms with Crippen molar-refractivity contribution in [1.29, 1.82) is 0 Å². The Kier molecular flexibility index (Phi) is 11.1. The summed E-state index contributed by atoms with van der Waals surface area (Å²) in [6.07, 6.45) is 4.35. The van der Waals surface area contributed by atoms with E-state index in [2.05, 4.69) is 15.4 Å². The predicted octanol–water partition coefficient (Wildman–Crippen LogP) is 1.31. The normalized spacial score (nSPS) is 17.6. The number of rotatable bonds is 8. The van der Waals surface area contributed by atoms with Gasteiger partial charge in [0.25, 0.3) is 0 Å². The lowest BCUT2D eigenvalue weighted by molar-refractivity contribution is -0.140. The Labute approximate surface area is 125 Å². The number of carbonyl (C=O) groups excluding carboxylic acids is 2. The summed E-state index contributed by atoms with van der Waals surface area (Å²) in [5.41, 5.74) is 0. The molecule has 5 nitrogen and oxygen atoms in total. The van der Waals surface area contributed by atoms with Crippen LogP contribution in [0.4, 0.5) is 0 Å². The van der Waals surface area contributed by atoms with Gasteiger partial charge in [0.1, 0.15) is 0 Å². The molecule has 0 aromatic heterocycles. The van der Waals surface area contributed by atoms with Crippen LogP contribution >= 0.6 is 24.2 Å². The van der Waals surface area contributed by atoms with Gasteiger partial charge in [-0.05, 0) is 12.8 Å². The summed E-state index contributed by atoms with van der Waals surface area (Å²) in [7, 11) is 1.41. The molecule has 1 unspecified atom stereocenters. The molecule has 0 radical (unpaired) electrons. The lowest BCUT2D eigenvalue weighted by Crippen LogP contribution is -2.42. The second kappa shape index (κ2) is 11.4.